The predicted molar refractivity (Wildman–Crippen MR) is 64.1 cm³/mol. The summed E-state index contributed by atoms with van der Waals surface area (Å²) in [6, 6.07) is 17.1. The van der Waals surface area contributed by atoms with Crippen molar-refractivity contribution in [1.82, 2.24) is 3.98 Å². The van der Waals surface area contributed by atoms with Gasteiger partial charge in [-0.3, -0.25) is 0 Å². The van der Waals surface area contributed by atoms with E-state index < -0.39 is 0 Å². The maximum absolute atomic E-state index is 4.32. The molecule has 0 saturated carbocycles. The van der Waals surface area contributed by atoms with Gasteiger partial charge in [-0.25, -0.2) is 0 Å². The van der Waals surface area contributed by atoms with Crippen molar-refractivity contribution in [2.24, 2.45) is 0 Å². The molecule has 0 atom stereocenters. The zero-order valence-electron chi connectivity index (χ0n) is 8.05. The van der Waals surface area contributed by atoms with Gasteiger partial charge in [0.05, 0.1) is 0 Å². The molecule has 0 aliphatic heterocycles. The Morgan fingerprint density at radius 2 is 1.73 bits per heavy atom. The fourth-order valence-corrected chi connectivity index (χ4v) is 3.00. The van der Waals surface area contributed by atoms with Crippen molar-refractivity contribution >= 4 is 24.4 Å². The molecule has 0 aliphatic rings. The molecule has 0 spiro atoms. The molecular formula is C13H9NSe. The van der Waals surface area contributed by atoms with E-state index in [1.54, 1.807) is 0 Å². The van der Waals surface area contributed by atoms with Crippen LogP contribution < -0.4 is 0 Å². The number of rotatable bonds is 1. The Morgan fingerprint density at radius 1 is 0.867 bits per heavy atom. The van der Waals surface area contributed by atoms with Crippen LogP contribution in [0, 0.1) is 0 Å². The average Bonchev–Trinajstić information content (AvgIpc) is 2.77. The second kappa shape index (κ2) is 3.65. The zero-order valence-corrected chi connectivity index (χ0v) is 9.76. The Hall–Kier alpha value is -1.37. The Labute approximate surface area is 94.4 Å². The van der Waals surface area contributed by atoms with Gasteiger partial charge >= 0.3 is 94.2 Å². The zero-order chi connectivity index (χ0) is 10.1. The second-order valence-corrected chi connectivity index (χ2v) is 5.19. The molecule has 0 saturated heterocycles. The van der Waals surface area contributed by atoms with Crippen molar-refractivity contribution in [3.05, 3.63) is 54.7 Å². The first-order valence-electron chi connectivity index (χ1n) is 4.83. The summed E-state index contributed by atoms with van der Waals surface area (Å²) in [6.45, 7) is 0. The Morgan fingerprint density at radius 3 is 2.60 bits per heavy atom. The van der Waals surface area contributed by atoms with Gasteiger partial charge in [-0.05, 0) is 0 Å². The third kappa shape index (κ3) is 1.63. The van der Waals surface area contributed by atoms with Gasteiger partial charge in [0, 0.05) is 0 Å². The van der Waals surface area contributed by atoms with Crippen LogP contribution in [0.25, 0.3) is 20.8 Å². The Balaban J connectivity index is 2.19. The minimum absolute atomic E-state index is 0.310. The standard InChI is InChI=1S/C13H9NSe/c1-2-4-10(5-3-1)11-6-7-13-12(8-11)9-14-15-13/h1-9H. The first-order valence-corrected chi connectivity index (χ1v) is 6.45. The summed E-state index contributed by atoms with van der Waals surface area (Å²) in [4.78, 5) is 0. The maximum atomic E-state index is 4.32. The van der Waals surface area contributed by atoms with Gasteiger partial charge < -0.3 is 0 Å². The van der Waals surface area contributed by atoms with Gasteiger partial charge in [0.25, 0.3) is 0 Å². The van der Waals surface area contributed by atoms with E-state index in [2.05, 4.69) is 46.4 Å². The number of hydrogen-bond acceptors (Lipinski definition) is 1. The van der Waals surface area contributed by atoms with Crippen LogP contribution in [0.1, 0.15) is 0 Å². The molecule has 3 aromatic rings. The fraction of sp³-hybridized carbons (Fsp3) is 0. The monoisotopic (exact) mass is 259 g/mol. The van der Waals surface area contributed by atoms with Crippen molar-refractivity contribution in [1.29, 1.82) is 0 Å². The summed E-state index contributed by atoms with van der Waals surface area (Å²) in [6.07, 6.45) is 1.99. The first-order chi connectivity index (χ1) is 7.43. The molecule has 0 N–H and O–H groups in total. The average molecular weight is 258 g/mol. The van der Waals surface area contributed by atoms with E-state index in [4.69, 9.17) is 0 Å². The number of hydrogen-bond donors (Lipinski definition) is 0. The van der Waals surface area contributed by atoms with Crippen LogP contribution in [0.5, 0.6) is 0 Å². The molecule has 0 amide bonds. The third-order valence-corrected chi connectivity index (χ3v) is 4.09. The number of fused-ring (bicyclic) bond motifs is 1. The predicted octanol–water partition coefficient (Wildman–Crippen LogP) is 2.96. The SMILES string of the molecule is c1ccc(-c2ccc3[se]ncc3c2)cc1. The summed E-state index contributed by atoms with van der Waals surface area (Å²) in [5.41, 5.74) is 2.55. The summed E-state index contributed by atoms with van der Waals surface area (Å²) in [5.74, 6) is 0. The Kier molecular flexibility index (Phi) is 2.17. The summed E-state index contributed by atoms with van der Waals surface area (Å²) in [5, 5.41) is 1.29. The van der Waals surface area contributed by atoms with Crippen molar-refractivity contribution in [2.75, 3.05) is 0 Å². The van der Waals surface area contributed by atoms with E-state index >= 15 is 0 Å². The van der Waals surface area contributed by atoms with E-state index in [0.29, 0.717) is 14.7 Å². The normalized spacial score (nSPS) is 10.7. The van der Waals surface area contributed by atoms with Gasteiger partial charge in [0.15, 0.2) is 0 Å². The van der Waals surface area contributed by atoms with Crippen LogP contribution in [0.3, 0.4) is 0 Å². The van der Waals surface area contributed by atoms with Crippen LogP contribution in [0.2, 0.25) is 0 Å². The van der Waals surface area contributed by atoms with Crippen LogP contribution in [0.4, 0.5) is 0 Å². The summed E-state index contributed by atoms with van der Waals surface area (Å²) >= 11 is 0.310. The number of nitrogens with zero attached hydrogens (tertiary/aromatic N) is 1. The molecule has 72 valence electrons. The molecule has 2 heteroatoms. The molecule has 1 aromatic heterocycles. The molecule has 0 aliphatic carbocycles. The molecule has 2 aromatic carbocycles. The van der Waals surface area contributed by atoms with Crippen LogP contribution in [-0.4, -0.2) is 18.7 Å². The van der Waals surface area contributed by atoms with Gasteiger partial charge in [0.1, 0.15) is 0 Å². The first kappa shape index (κ1) is 8.90. The molecule has 1 heterocycles. The summed E-state index contributed by atoms with van der Waals surface area (Å²) in [7, 11) is 0. The van der Waals surface area contributed by atoms with E-state index in [1.165, 1.54) is 20.8 Å². The molecule has 1 nitrogen and oxygen atoms in total. The second-order valence-electron chi connectivity index (χ2n) is 3.44. The van der Waals surface area contributed by atoms with E-state index in [-0.39, 0.29) is 0 Å². The summed E-state index contributed by atoms with van der Waals surface area (Å²) < 4.78 is 5.71. The van der Waals surface area contributed by atoms with Gasteiger partial charge in [-0.15, -0.1) is 0 Å². The molecular weight excluding hydrogens is 249 g/mol. The fourth-order valence-electron chi connectivity index (χ4n) is 1.68. The topological polar surface area (TPSA) is 12.9 Å². The molecule has 3 rings (SSSR count). The quantitative estimate of drug-likeness (QED) is 0.611. The van der Waals surface area contributed by atoms with Crippen LogP contribution in [-0.2, 0) is 0 Å². The number of aromatic nitrogens is 1. The van der Waals surface area contributed by atoms with E-state index in [1.807, 2.05) is 12.3 Å². The third-order valence-electron chi connectivity index (χ3n) is 2.46. The van der Waals surface area contributed by atoms with Crippen molar-refractivity contribution in [2.45, 2.75) is 0 Å². The van der Waals surface area contributed by atoms with Crippen LogP contribution >= 0.6 is 0 Å². The molecule has 0 fully saturated rings. The molecule has 0 bridgehead atoms. The molecule has 0 unspecified atom stereocenters. The van der Waals surface area contributed by atoms with Gasteiger partial charge in [-0.2, -0.15) is 0 Å². The number of benzene rings is 2. The molecule has 15 heavy (non-hydrogen) atoms. The van der Waals surface area contributed by atoms with Crippen molar-refractivity contribution < 1.29 is 0 Å². The van der Waals surface area contributed by atoms with Crippen molar-refractivity contribution in [3.8, 4) is 11.1 Å². The van der Waals surface area contributed by atoms with Crippen molar-refractivity contribution in [3.63, 3.8) is 0 Å². The van der Waals surface area contributed by atoms with Crippen LogP contribution in [0.15, 0.2) is 54.7 Å². The Bertz CT molecular complexity index is 584. The molecule has 0 radical (unpaired) electrons. The minimum atomic E-state index is 0.310. The van der Waals surface area contributed by atoms with E-state index in [9.17, 15) is 0 Å². The van der Waals surface area contributed by atoms with E-state index in [0.717, 1.165) is 0 Å². The van der Waals surface area contributed by atoms with Gasteiger partial charge in [0.2, 0.25) is 0 Å². The van der Waals surface area contributed by atoms with Gasteiger partial charge in [-0.1, -0.05) is 0 Å².